The Morgan fingerprint density at radius 3 is 2.52 bits per heavy atom. The molecule has 0 unspecified atom stereocenters. The van der Waals surface area contributed by atoms with E-state index in [1.807, 2.05) is 0 Å². The van der Waals surface area contributed by atoms with Gasteiger partial charge in [-0.15, -0.1) is 0 Å². The van der Waals surface area contributed by atoms with E-state index in [-0.39, 0.29) is 30.7 Å². The Morgan fingerprint density at radius 2 is 1.77 bits per heavy atom. The van der Waals surface area contributed by atoms with Crippen molar-refractivity contribution in [1.29, 1.82) is 0 Å². The monoisotopic (exact) mass is 421 g/mol. The number of carbonyl (C=O) groups excluding carboxylic acids is 2. The number of hydrogen-bond acceptors (Lipinski definition) is 5. The number of hydrogen-bond donors (Lipinski definition) is 2. The van der Waals surface area contributed by atoms with Crippen LogP contribution in [0, 0.1) is 5.92 Å². The van der Waals surface area contributed by atoms with E-state index in [1.54, 1.807) is 53.7 Å². The van der Waals surface area contributed by atoms with Crippen molar-refractivity contribution in [3.8, 4) is 0 Å². The van der Waals surface area contributed by atoms with Gasteiger partial charge < -0.3 is 10.2 Å². The van der Waals surface area contributed by atoms with Crippen molar-refractivity contribution in [2.45, 2.75) is 25.8 Å². The fraction of sp³-hybridized carbons (Fsp3) is 0.318. The summed E-state index contributed by atoms with van der Waals surface area (Å²) in [5.41, 5.74) is 0.255. The zero-order valence-corrected chi connectivity index (χ0v) is 16.9. The third kappa shape index (κ3) is 4.55. The van der Waals surface area contributed by atoms with Gasteiger partial charge in [0.05, 0.1) is 10.9 Å². The van der Waals surface area contributed by atoms with Crippen LogP contribution in [-0.4, -0.2) is 44.3 Å². The van der Waals surface area contributed by atoms with E-state index in [0.29, 0.717) is 42.5 Å². The van der Waals surface area contributed by atoms with Crippen LogP contribution in [0.3, 0.4) is 0 Å². The lowest BCUT2D eigenvalue weighted by molar-refractivity contribution is -0.134. The van der Waals surface area contributed by atoms with Gasteiger partial charge in [0.2, 0.25) is 11.8 Å². The van der Waals surface area contributed by atoms with Crippen LogP contribution in [0.4, 0.5) is 5.69 Å². The van der Waals surface area contributed by atoms with Gasteiger partial charge in [0, 0.05) is 50.1 Å². The van der Waals surface area contributed by atoms with Gasteiger partial charge >= 0.3 is 5.69 Å². The molecule has 160 valence electrons. The minimum atomic E-state index is -0.525. The lowest BCUT2D eigenvalue weighted by atomic mass is 9.95. The van der Waals surface area contributed by atoms with E-state index < -0.39 is 11.2 Å². The fourth-order valence-corrected chi connectivity index (χ4v) is 3.90. The number of aryl methyl sites for hydroxylation is 1. The van der Waals surface area contributed by atoms with Gasteiger partial charge in [0.15, 0.2) is 0 Å². The van der Waals surface area contributed by atoms with Crippen molar-refractivity contribution < 1.29 is 9.59 Å². The van der Waals surface area contributed by atoms with Gasteiger partial charge in [0.25, 0.3) is 5.56 Å². The number of rotatable bonds is 5. The second-order valence-electron chi connectivity index (χ2n) is 7.56. The van der Waals surface area contributed by atoms with Crippen molar-refractivity contribution in [3.05, 3.63) is 69.6 Å². The number of likely N-dealkylation sites (tertiary alicyclic amines) is 1. The molecule has 0 atom stereocenters. The molecular formula is C22H23N5O4. The van der Waals surface area contributed by atoms with Crippen molar-refractivity contribution >= 4 is 28.4 Å². The Bertz CT molecular complexity index is 1210. The second-order valence-corrected chi connectivity index (χ2v) is 7.56. The average molecular weight is 421 g/mol. The zero-order valence-electron chi connectivity index (χ0n) is 16.9. The summed E-state index contributed by atoms with van der Waals surface area (Å²) in [6.07, 6.45) is 4.56. The molecule has 0 radical (unpaired) electrons. The molecular weight excluding hydrogens is 398 g/mol. The average Bonchev–Trinajstić information content (AvgIpc) is 2.79. The molecule has 3 aromatic rings. The summed E-state index contributed by atoms with van der Waals surface area (Å²) in [4.78, 5) is 57.3. The largest absolute Gasteiger partial charge is 0.343 e. The molecule has 9 heteroatoms. The summed E-state index contributed by atoms with van der Waals surface area (Å²) < 4.78 is 1.42. The number of aromatic nitrogens is 3. The van der Waals surface area contributed by atoms with Crippen molar-refractivity contribution in [2.24, 2.45) is 5.92 Å². The Balaban J connectivity index is 1.34. The van der Waals surface area contributed by atoms with Crippen molar-refractivity contribution in [1.82, 2.24) is 19.4 Å². The molecule has 2 N–H and O–H groups in total. The van der Waals surface area contributed by atoms with Crippen LogP contribution < -0.4 is 16.6 Å². The van der Waals surface area contributed by atoms with Crippen LogP contribution in [0.1, 0.15) is 19.3 Å². The van der Waals surface area contributed by atoms with E-state index >= 15 is 0 Å². The maximum atomic E-state index is 12.7. The molecule has 0 aliphatic carbocycles. The highest BCUT2D eigenvalue weighted by Gasteiger charge is 2.27. The molecule has 0 bridgehead atoms. The maximum Gasteiger partial charge on any atom is 0.328 e. The van der Waals surface area contributed by atoms with Gasteiger partial charge in [-0.25, -0.2) is 4.79 Å². The second kappa shape index (κ2) is 8.95. The Morgan fingerprint density at radius 1 is 1.06 bits per heavy atom. The van der Waals surface area contributed by atoms with Crippen LogP contribution in [-0.2, 0) is 16.1 Å². The van der Waals surface area contributed by atoms with Gasteiger partial charge in [0.1, 0.15) is 0 Å². The number of nitrogens with one attached hydrogen (secondary N) is 2. The lowest BCUT2D eigenvalue weighted by Gasteiger charge is -2.31. The molecule has 31 heavy (non-hydrogen) atoms. The normalized spacial score (nSPS) is 14.5. The fourth-order valence-electron chi connectivity index (χ4n) is 3.90. The molecule has 1 aromatic carbocycles. The number of carbonyl (C=O) groups is 2. The first-order chi connectivity index (χ1) is 15.0. The topological polar surface area (TPSA) is 117 Å². The Kier molecular flexibility index (Phi) is 5.92. The number of aromatic amines is 1. The minimum absolute atomic E-state index is 0.0513. The molecule has 1 aliphatic heterocycles. The molecule has 3 heterocycles. The minimum Gasteiger partial charge on any atom is -0.343 e. The van der Waals surface area contributed by atoms with Crippen LogP contribution in [0.15, 0.2) is 58.4 Å². The summed E-state index contributed by atoms with van der Waals surface area (Å²) in [6.45, 7) is 1.17. The quantitative estimate of drug-likeness (QED) is 0.645. The number of pyridine rings is 1. The van der Waals surface area contributed by atoms with Crippen molar-refractivity contribution in [2.75, 3.05) is 18.4 Å². The van der Waals surface area contributed by atoms with E-state index in [2.05, 4.69) is 15.3 Å². The molecule has 2 amide bonds. The number of piperidine rings is 1. The Hall–Kier alpha value is -3.75. The molecule has 1 saturated heterocycles. The first-order valence-corrected chi connectivity index (χ1v) is 10.2. The lowest BCUT2D eigenvalue weighted by Crippen LogP contribution is -2.42. The molecule has 0 spiro atoms. The smallest absolute Gasteiger partial charge is 0.328 e. The van der Waals surface area contributed by atoms with Crippen LogP contribution in [0.5, 0.6) is 0 Å². The summed E-state index contributed by atoms with van der Waals surface area (Å²) in [5, 5.41) is 3.29. The maximum absolute atomic E-state index is 12.7. The van der Waals surface area contributed by atoms with Gasteiger partial charge in [-0.05, 0) is 37.1 Å². The predicted octanol–water partition coefficient (Wildman–Crippen LogP) is 1.35. The molecule has 1 aliphatic rings. The van der Waals surface area contributed by atoms with Crippen molar-refractivity contribution in [3.63, 3.8) is 0 Å². The van der Waals surface area contributed by atoms with Crippen LogP contribution in [0.25, 0.3) is 10.9 Å². The third-order valence-electron chi connectivity index (χ3n) is 5.62. The third-order valence-corrected chi connectivity index (χ3v) is 5.62. The van der Waals surface area contributed by atoms with E-state index in [9.17, 15) is 19.2 Å². The van der Waals surface area contributed by atoms with Gasteiger partial charge in [-0.2, -0.15) is 0 Å². The highest BCUT2D eigenvalue weighted by Crippen LogP contribution is 2.20. The number of para-hydroxylation sites is 1. The van der Waals surface area contributed by atoms with E-state index in [0.717, 1.165) is 0 Å². The number of anilines is 1. The van der Waals surface area contributed by atoms with Crippen LogP contribution >= 0.6 is 0 Å². The predicted molar refractivity (Wildman–Crippen MR) is 116 cm³/mol. The summed E-state index contributed by atoms with van der Waals surface area (Å²) >= 11 is 0. The number of fused-ring (bicyclic) bond motifs is 1. The number of benzene rings is 1. The number of nitrogens with zero attached hydrogens (tertiary/aromatic N) is 3. The highest BCUT2D eigenvalue weighted by molar-refractivity contribution is 5.92. The van der Waals surface area contributed by atoms with E-state index in [4.69, 9.17) is 0 Å². The standard InChI is InChI=1S/C22H23N5O4/c28-19(9-14-27-18-4-2-1-3-17(18)21(30)25-22(27)31)26-12-7-15(8-13-26)20(29)24-16-5-10-23-11-6-16/h1-6,10-11,15H,7-9,12-14H2,(H,23,24,29)(H,25,30,31). The molecule has 4 rings (SSSR count). The van der Waals surface area contributed by atoms with Gasteiger partial charge in [-0.1, -0.05) is 12.1 Å². The summed E-state index contributed by atoms with van der Waals surface area (Å²) in [6, 6.07) is 10.3. The SMILES string of the molecule is O=C(Nc1ccncc1)C1CCN(C(=O)CCn2c(=O)[nH]c(=O)c3ccccc32)CC1. The molecule has 2 aromatic heterocycles. The first kappa shape index (κ1) is 20.5. The highest BCUT2D eigenvalue weighted by atomic mass is 16.2. The first-order valence-electron chi connectivity index (χ1n) is 10.2. The van der Waals surface area contributed by atoms with E-state index in [1.165, 1.54) is 4.57 Å². The molecule has 9 nitrogen and oxygen atoms in total. The number of amides is 2. The summed E-state index contributed by atoms with van der Waals surface area (Å²) in [5.74, 6) is -0.275. The summed E-state index contributed by atoms with van der Waals surface area (Å²) in [7, 11) is 0. The van der Waals surface area contributed by atoms with Crippen LogP contribution in [0.2, 0.25) is 0 Å². The zero-order chi connectivity index (χ0) is 21.8. The molecule has 1 fully saturated rings. The van der Waals surface area contributed by atoms with Gasteiger partial charge in [-0.3, -0.25) is 28.9 Å². The number of H-pyrrole nitrogens is 1. The Labute approximate surface area is 177 Å². The molecule has 0 saturated carbocycles.